The van der Waals surface area contributed by atoms with Gasteiger partial charge in [-0.15, -0.1) is 0 Å². The van der Waals surface area contributed by atoms with Crippen molar-refractivity contribution < 1.29 is 19.4 Å². The van der Waals surface area contributed by atoms with Crippen LogP contribution in [0.2, 0.25) is 0 Å². The number of thioether (sulfide) groups is 1. The Morgan fingerprint density at radius 2 is 1.90 bits per heavy atom. The van der Waals surface area contributed by atoms with E-state index in [0.717, 1.165) is 21.9 Å². The molecule has 1 atom stereocenters. The predicted octanol–water partition coefficient (Wildman–Crippen LogP) is 3.62. The van der Waals surface area contributed by atoms with Crippen LogP contribution in [0, 0.1) is 0 Å². The van der Waals surface area contributed by atoms with Crippen LogP contribution in [0.5, 0.6) is 11.5 Å². The highest BCUT2D eigenvalue weighted by molar-refractivity contribution is 8.22. The minimum Gasteiger partial charge on any atom is -0.493 e. The van der Waals surface area contributed by atoms with Crippen molar-refractivity contribution in [2.45, 2.75) is 12.5 Å². The van der Waals surface area contributed by atoms with Crippen LogP contribution in [0.25, 0.3) is 0 Å². The lowest BCUT2D eigenvalue weighted by molar-refractivity contribution is -0.143. The highest BCUT2D eigenvalue weighted by atomic mass is 32.2. The molecule has 1 N–H and O–H groups in total. The zero-order valence-corrected chi connectivity index (χ0v) is 18.0. The molecule has 0 radical (unpaired) electrons. The number of thiocarbonyl (C=S) groups is 1. The molecule has 1 fully saturated rings. The van der Waals surface area contributed by atoms with Gasteiger partial charge in [-0.05, 0) is 29.7 Å². The van der Waals surface area contributed by atoms with Gasteiger partial charge in [0.1, 0.15) is 10.4 Å². The first kappa shape index (κ1) is 21.4. The van der Waals surface area contributed by atoms with E-state index in [1.165, 1.54) is 11.8 Å². The maximum Gasteiger partial charge on any atom is 0.325 e. The molecule has 0 aromatic heterocycles. The quantitative estimate of drug-likeness (QED) is 0.635. The van der Waals surface area contributed by atoms with Crippen LogP contribution in [0.4, 0.5) is 0 Å². The summed E-state index contributed by atoms with van der Waals surface area (Å²) in [4.78, 5) is 16.0. The number of carboxylic acids is 1. The van der Waals surface area contributed by atoms with Gasteiger partial charge in [0.15, 0.2) is 11.5 Å². The number of ether oxygens (including phenoxy) is 2. The van der Waals surface area contributed by atoms with E-state index in [0.29, 0.717) is 30.6 Å². The van der Waals surface area contributed by atoms with Crippen LogP contribution in [-0.4, -0.2) is 58.5 Å². The van der Waals surface area contributed by atoms with Crippen LogP contribution >= 0.6 is 24.0 Å². The van der Waals surface area contributed by atoms with Gasteiger partial charge in [-0.25, -0.2) is 0 Å². The van der Waals surface area contributed by atoms with E-state index in [1.54, 1.807) is 14.2 Å². The highest BCUT2D eigenvalue weighted by Gasteiger charge is 2.32. The van der Waals surface area contributed by atoms with E-state index in [1.807, 2.05) is 53.4 Å². The van der Waals surface area contributed by atoms with E-state index in [4.69, 9.17) is 21.7 Å². The molecule has 0 amide bonds. The lowest BCUT2D eigenvalue weighted by Crippen LogP contribution is -2.48. The van der Waals surface area contributed by atoms with Gasteiger partial charge in [0.05, 0.1) is 26.8 Å². The molecule has 2 aromatic carbocycles. The molecular weight excluding hydrogens is 408 g/mol. The monoisotopic (exact) mass is 432 g/mol. The van der Waals surface area contributed by atoms with Crippen molar-refractivity contribution in [1.82, 2.24) is 9.80 Å². The summed E-state index contributed by atoms with van der Waals surface area (Å²) >= 11 is 7.02. The molecule has 1 aliphatic rings. The second-order valence-electron chi connectivity index (χ2n) is 6.62. The molecule has 8 heteroatoms. The fourth-order valence-electron chi connectivity index (χ4n) is 3.31. The second-order valence-corrected chi connectivity index (χ2v) is 8.20. The molecule has 6 nitrogen and oxygen atoms in total. The number of hydrogen-bond acceptors (Lipinski definition) is 6. The number of nitrogens with zero attached hydrogens (tertiary/aromatic N) is 2. The van der Waals surface area contributed by atoms with Gasteiger partial charge >= 0.3 is 5.97 Å². The number of rotatable bonds is 8. The highest BCUT2D eigenvalue weighted by Crippen LogP contribution is 2.30. The third-order valence-corrected chi connectivity index (χ3v) is 6.37. The minimum absolute atomic E-state index is 0.477. The third-order valence-electron chi connectivity index (χ3n) is 4.80. The average Bonchev–Trinajstić information content (AvgIpc) is 2.74. The zero-order valence-electron chi connectivity index (χ0n) is 16.4. The van der Waals surface area contributed by atoms with Crippen molar-refractivity contribution in [2.75, 3.05) is 33.3 Å². The van der Waals surface area contributed by atoms with Crippen molar-refractivity contribution in [3.63, 3.8) is 0 Å². The summed E-state index contributed by atoms with van der Waals surface area (Å²) in [7, 11) is 3.23. The Kier molecular flexibility index (Phi) is 7.35. The van der Waals surface area contributed by atoms with E-state index < -0.39 is 12.0 Å². The topological polar surface area (TPSA) is 62.2 Å². The summed E-state index contributed by atoms with van der Waals surface area (Å²) in [5.74, 6) is 1.08. The summed E-state index contributed by atoms with van der Waals surface area (Å²) in [5, 5.41) is 9.82. The minimum atomic E-state index is -0.857. The maximum atomic E-state index is 12.0. The molecule has 0 aliphatic carbocycles. The molecule has 0 bridgehead atoms. The van der Waals surface area contributed by atoms with Gasteiger partial charge < -0.3 is 19.5 Å². The largest absolute Gasteiger partial charge is 0.493 e. The molecule has 154 valence electrons. The average molecular weight is 433 g/mol. The van der Waals surface area contributed by atoms with Crippen molar-refractivity contribution >= 4 is 34.3 Å². The number of aliphatic carboxylic acids is 1. The Morgan fingerprint density at radius 1 is 1.17 bits per heavy atom. The van der Waals surface area contributed by atoms with Crippen LogP contribution in [-0.2, 0) is 11.2 Å². The smallest absolute Gasteiger partial charge is 0.325 e. The lowest BCUT2D eigenvalue weighted by atomic mass is 10.1. The molecule has 2 aromatic rings. The normalized spacial score (nSPS) is 15.8. The fraction of sp³-hybridized carbons (Fsp3) is 0.333. The van der Waals surface area contributed by atoms with Crippen LogP contribution in [0.1, 0.15) is 17.2 Å². The molecule has 1 unspecified atom stereocenters. The van der Waals surface area contributed by atoms with Gasteiger partial charge in [0.25, 0.3) is 0 Å². The number of benzene rings is 2. The standard InChI is InChI=1S/C21H24N2O4S2/c1-26-17-9-8-15(12-18(17)27-2)10-11-22-13-23(14-29-21(22)28)19(20(24)25)16-6-4-3-5-7-16/h3-9,12,19H,10-11,13-14H2,1-2H3,(H,24,25). The summed E-state index contributed by atoms with van der Waals surface area (Å²) in [6.07, 6.45) is 0.762. The number of carbonyl (C=O) groups is 1. The lowest BCUT2D eigenvalue weighted by Gasteiger charge is -2.39. The number of carboxylic acid groups (broad SMARTS) is 1. The Labute approximate surface area is 180 Å². The molecule has 0 spiro atoms. The van der Waals surface area contributed by atoms with Crippen LogP contribution in [0.15, 0.2) is 48.5 Å². The summed E-state index contributed by atoms with van der Waals surface area (Å²) < 4.78 is 11.4. The molecule has 3 rings (SSSR count). The number of hydrogen-bond donors (Lipinski definition) is 1. The van der Waals surface area contributed by atoms with Crippen molar-refractivity contribution in [3.8, 4) is 11.5 Å². The van der Waals surface area contributed by atoms with E-state index >= 15 is 0 Å². The van der Waals surface area contributed by atoms with E-state index in [9.17, 15) is 9.90 Å². The van der Waals surface area contributed by atoms with Gasteiger partial charge in [0.2, 0.25) is 0 Å². The van der Waals surface area contributed by atoms with Gasteiger partial charge in [-0.3, -0.25) is 9.69 Å². The maximum absolute atomic E-state index is 12.0. The van der Waals surface area contributed by atoms with Gasteiger partial charge in [-0.1, -0.05) is 60.4 Å². The molecule has 1 aliphatic heterocycles. The Hall–Kier alpha value is -2.29. The van der Waals surface area contributed by atoms with Crippen LogP contribution in [0.3, 0.4) is 0 Å². The molecule has 1 heterocycles. The molecular formula is C21H24N2O4S2. The first-order valence-electron chi connectivity index (χ1n) is 9.18. The van der Waals surface area contributed by atoms with Gasteiger partial charge in [0, 0.05) is 6.54 Å². The summed E-state index contributed by atoms with van der Waals surface area (Å²) in [6, 6.07) is 14.5. The summed E-state index contributed by atoms with van der Waals surface area (Å²) in [6.45, 7) is 1.17. The van der Waals surface area contributed by atoms with Crippen LogP contribution < -0.4 is 9.47 Å². The SMILES string of the molecule is COc1ccc(CCN2CN(C(C(=O)O)c3ccccc3)CSC2=S)cc1OC. The van der Waals surface area contributed by atoms with Crippen molar-refractivity contribution in [1.29, 1.82) is 0 Å². The summed E-state index contributed by atoms with van der Waals surface area (Å²) in [5.41, 5.74) is 1.87. The van der Waals surface area contributed by atoms with Crippen molar-refractivity contribution in [2.24, 2.45) is 0 Å². The molecule has 1 saturated heterocycles. The fourth-order valence-corrected chi connectivity index (χ4v) is 4.46. The van der Waals surface area contributed by atoms with Gasteiger partial charge in [-0.2, -0.15) is 0 Å². The van der Waals surface area contributed by atoms with Crippen molar-refractivity contribution in [3.05, 3.63) is 59.7 Å². The third kappa shape index (κ3) is 5.20. The second kappa shape index (κ2) is 9.96. The predicted molar refractivity (Wildman–Crippen MR) is 119 cm³/mol. The zero-order chi connectivity index (χ0) is 20.8. The van der Waals surface area contributed by atoms with E-state index in [2.05, 4.69) is 4.90 Å². The Balaban J connectivity index is 1.70. The molecule has 0 saturated carbocycles. The first-order valence-corrected chi connectivity index (χ1v) is 10.6. The Bertz CT molecular complexity index is 863. The first-order chi connectivity index (χ1) is 14.0. The Morgan fingerprint density at radius 3 is 2.55 bits per heavy atom. The molecule has 29 heavy (non-hydrogen) atoms. The number of methoxy groups -OCH3 is 2. The van der Waals surface area contributed by atoms with E-state index in [-0.39, 0.29) is 0 Å².